The van der Waals surface area contributed by atoms with Gasteiger partial charge >= 0.3 is 29.6 Å². The van der Waals surface area contributed by atoms with E-state index < -0.39 is 10.1 Å². The summed E-state index contributed by atoms with van der Waals surface area (Å²) in [5.41, 5.74) is 1.42. The molecule has 0 aliphatic heterocycles. The van der Waals surface area contributed by atoms with E-state index in [1.165, 1.54) is 6.07 Å². The van der Waals surface area contributed by atoms with Crippen LogP contribution in [-0.2, 0) is 16.7 Å². The Balaban J connectivity index is 0.00000180. The van der Waals surface area contributed by atoms with Gasteiger partial charge in [0.05, 0.1) is 5.69 Å². The molecule has 2 rings (SSSR count). The summed E-state index contributed by atoms with van der Waals surface area (Å²) in [5.74, 6) is 0. The predicted molar refractivity (Wildman–Crippen MR) is 71.1 cm³/mol. The molecule has 0 radical (unpaired) electrons. The van der Waals surface area contributed by atoms with Gasteiger partial charge < -0.3 is 6.74 Å². The number of rotatable bonds is 4. The summed E-state index contributed by atoms with van der Waals surface area (Å²) in [6.07, 6.45) is 0. The van der Waals surface area contributed by atoms with Crippen molar-refractivity contribution in [2.45, 2.75) is 11.4 Å². The number of para-hydroxylation sites is 1. The summed E-state index contributed by atoms with van der Waals surface area (Å²) in [4.78, 5) is -0.110. The van der Waals surface area contributed by atoms with Gasteiger partial charge in [0.15, 0.2) is 0 Å². The second kappa shape index (κ2) is 7.07. The molecule has 96 valence electrons. The van der Waals surface area contributed by atoms with Crippen LogP contribution in [0.3, 0.4) is 0 Å². The minimum atomic E-state index is -4.20. The molecule has 0 saturated carbocycles. The topological polar surface area (TPSA) is 66.4 Å². The van der Waals surface area contributed by atoms with Crippen molar-refractivity contribution >= 4 is 15.8 Å². The van der Waals surface area contributed by atoms with Crippen LogP contribution in [0.4, 0.5) is 5.69 Å². The molecular formula is C13H14NNaO3S. The average molecular weight is 287 g/mol. The maximum absolute atomic E-state index is 11.2. The Bertz CT molecular complexity index is 635. The molecule has 6 heteroatoms. The van der Waals surface area contributed by atoms with Gasteiger partial charge in [-0.3, -0.25) is 4.55 Å². The molecule has 0 bridgehead atoms. The molecule has 4 nitrogen and oxygen atoms in total. The van der Waals surface area contributed by atoms with E-state index in [0.717, 1.165) is 5.56 Å². The summed E-state index contributed by atoms with van der Waals surface area (Å²) in [7, 11) is -4.20. The van der Waals surface area contributed by atoms with E-state index in [1.807, 2.05) is 30.3 Å². The van der Waals surface area contributed by atoms with Crippen LogP contribution in [0.5, 0.6) is 0 Å². The normalized spacial score (nSPS) is 10.6. The zero-order valence-electron chi connectivity index (χ0n) is 11.6. The van der Waals surface area contributed by atoms with Crippen molar-refractivity contribution in [1.29, 1.82) is 0 Å². The van der Waals surface area contributed by atoms with Crippen LogP contribution in [-0.4, -0.2) is 13.0 Å². The van der Waals surface area contributed by atoms with Gasteiger partial charge in [-0.15, -0.1) is 0 Å². The zero-order valence-corrected chi connectivity index (χ0v) is 13.4. The van der Waals surface area contributed by atoms with E-state index in [-0.39, 0.29) is 35.9 Å². The molecule has 0 heterocycles. The Morgan fingerprint density at radius 3 is 2.21 bits per heavy atom. The van der Waals surface area contributed by atoms with Gasteiger partial charge in [0, 0.05) is 6.54 Å². The smallest absolute Gasteiger partial charge is 1.00 e. The van der Waals surface area contributed by atoms with Crippen LogP contribution in [0.25, 0.3) is 0 Å². The third kappa shape index (κ3) is 4.63. The van der Waals surface area contributed by atoms with Crippen molar-refractivity contribution in [2.75, 3.05) is 5.32 Å². The number of benzene rings is 2. The molecule has 0 amide bonds. The Morgan fingerprint density at radius 2 is 1.58 bits per heavy atom. The fourth-order valence-electron chi connectivity index (χ4n) is 1.63. The monoisotopic (exact) mass is 287 g/mol. The molecule has 0 spiro atoms. The van der Waals surface area contributed by atoms with Crippen LogP contribution >= 0.6 is 0 Å². The summed E-state index contributed by atoms with van der Waals surface area (Å²) in [6, 6.07) is 15.9. The third-order valence-electron chi connectivity index (χ3n) is 2.49. The van der Waals surface area contributed by atoms with Crippen LogP contribution in [0.2, 0.25) is 0 Å². The third-order valence-corrected chi connectivity index (χ3v) is 3.40. The summed E-state index contributed by atoms with van der Waals surface area (Å²) >= 11 is 0. The fraction of sp³-hybridized carbons (Fsp3) is 0.0769. The van der Waals surface area contributed by atoms with Crippen LogP contribution in [0, 0.1) is 0 Å². The number of nitrogens with one attached hydrogen (secondary N) is 1. The Labute approximate surface area is 136 Å². The summed E-state index contributed by atoms with van der Waals surface area (Å²) < 4.78 is 31.5. The SMILES string of the molecule is O=S(=O)(O)c1ccccc1NCc1ccccc1.[H-].[Na+]. The van der Waals surface area contributed by atoms with E-state index in [4.69, 9.17) is 4.55 Å². The molecule has 2 aromatic carbocycles. The first-order valence-electron chi connectivity index (χ1n) is 5.42. The van der Waals surface area contributed by atoms with Gasteiger partial charge in [0.1, 0.15) is 4.90 Å². The van der Waals surface area contributed by atoms with Crippen LogP contribution < -0.4 is 34.9 Å². The van der Waals surface area contributed by atoms with E-state index in [2.05, 4.69) is 5.32 Å². The second-order valence-corrected chi connectivity index (χ2v) is 5.20. The van der Waals surface area contributed by atoms with Crippen molar-refractivity contribution in [3.63, 3.8) is 0 Å². The largest absolute Gasteiger partial charge is 1.00 e. The van der Waals surface area contributed by atoms with Crippen molar-refractivity contribution < 1.29 is 44.0 Å². The minimum absolute atomic E-state index is 0. The molecule has 0 unspecified atom stereocenters. The maximum atomic E-state index is 11.2. The first-order valence-corrected chi connectivity index (χ1v) is 6.86. The van der Waals surface area contributed by atoms with Gasteiger partial charge in [-0.25, -0.2) is 0 Å². The molecule has 0 aromatic heterocycles. The Kier molecular flexibility index (Phi) is 6.03. The van der Waals surface area contributed by atoms with Crippen molar-refractivity contribution in [3.05, 3.63) is 60.2 Å². The van der Waals surface area contributed by atoms with E-state index >= 15 is 0 Å². The maximum Gasteiger partial charge on any atom is 1.00 e. The van der Waals surface area contributed by atoms with Crippen LogP contribution in [0.15, 0.2) is 59.5 Å². The molecule has 0 aliphatic rings. The van der Waals surface area contributed by atoms with E-state index in [1.54, 1.807) is 18.2 Å². The summed E-state index contributed by atoms with van der Waals surface area (Å²) in [5, 5.41) is 3.00. The fourth-order valence-corrected chi connectivity index (χ4v) is 2.30. The molecule has 2 N–H and O–H groups in total. The molecule has 0 saturated heterocycles. The quantitative estimate of drug-likeness (QED) is 0.596. The first kappa shape index (κ1) is 16.2. The Morgan fingerprint density at radius 1 is 1.00 bits per heavy atom. The summed E-state index contributed by atoms with van der Waals surface area (Å²) in [6.45, 7) is 0.493. The van der Waals surface area contributed by atoms with Crippen molar-refractivity contribution in [3.8, 4) is 0 Å². The molecule has 0 aliphatic carbocycles. The van der Waals surface area contributed by atoms with Gasteiger partial charge in [0.25, 0.3) is 10.1 Å². The van der Waals surface area contributed by atoms with Crippen molar-refractivity contribution in [2.24, 2.45) is 0 Å². The van der Waals surface area contributed by atoms with Gasteiger partial charge in [-0.05, 0) is 17.7 Å². The number of hydrogen-bond donors (Lipinski definition) is 2. The zero-order chi connectivity index (χ0) is 13.0. The molecular weight excluding hydrogens is 273 g/mol. The Hall–Kier alpha value is -0.850. The average Bonchev–Trinajstić information content (AvgIpc) is 2.37. The molecule has 2 aromatic rings. The minimum Gasteiger partial charge on any atom is -1.00 e. The van der Waals surface area contributed by atoms with Gasteiger partial charge in [-0.1, -0.05) is 42.5 Å². The van der Waals surface area contributed by atoms with Crippen molar-refractivity contribution in [1.82, 2.24) is 0 Å². The van der Waals surface area contributed by atoms with Gasteiger partial charge in [0.2, 0.25) is 0 Å². The molecule has 19 heavy (non-hydrogen) atoms. The van der Waals surface area contributed by atoms with Crippen LogP contribution in [0.1, 0.15) is 6.99 Å². The predicted octanol–water partition coefficient (Wildman–Crippen LogP) is -0.338. The first-order chi connectivity index (χ1) is 8.57. The number of anilines is 1. The van der Waals surface area contributed by atoms with E-state index in [0.29, 0.717) is 12.2 Å². The molecule has 0 atom stereocenters. The second-order valence-electron chi connectivity index (χ2n) is 3.81. The molecule has 0 fully saturated rings. The number of hydrogen-bond acceptors (Lipinski definition) is 3. The standard InChI is InChI=1S/C13H13NO3S.Na.H/c15-18(16,17)13-9-5-4-8-12(13)14-10-11-6-2-1-3-7-11;;/h1-9,14H,10H2,(H,15,16,17);;/q;+1;-1. The van der Waals surface area contributed by atoms with Gasteiger partial charge in [-0.2, -0.15) is 8.42 Å². The van der Waals surface area contributed by atoms with E-state index in [9.17, 15) is 8.42 Å².